The van der Waals surface area contributed by atoms with Gasteiger partial charge >= 0.3 is 0 Å². The average Bonchev–Trinajstić information content (AvgIpc) is 2.93. The minimum Gasteiger partial charge on any atom is -0.370 e. The predicted molar refractivity (Wildman–Crippen MR) is 86.2 cm³/mol. The van der Waals surface area contributed by atoms with E-state index in [-0.39, 0.29) is 0 Å². The lowest BCUT2D eigenvalue weighted by atomic mass is 10.1. The van der Waals surface area contributed by atoms with Gasteiger partial charge in [-0.1, -0.05) is 25.8 Å². The molecule has 1 aliphatic rings. The van der Waals surface area contributed by atoms with Gasteiger partial charge in [0.1, 0.15) is 11.6 Å². The molecule has 1 saturated carbocycles. The summed E-state index contributed by atoms with van der Waals surface area (Å²) in [7, 11) is 0. The van der Waals surface area contributed by atoms with Crippen LogP contribution in [0.25, 0.3) is 0 Å². The summed E-state index contributed by atoms with van der Waals surface area (Å²) in [4.78, 5) is 4.61. The van der Waals surface area contributed by atoms with Crippen LogP contribution in [0.2, 0.25) is 0 Å². The largest absolute Gasteiger partial charge is 0.370 e. The molecule has 0 bridgehead atoms. The number of pyridine rings is 1. The molecule has 0 radical (unpaired) electrons. The van der Waals surface area contributed by atoms with Crippen LogP contribution in [0, 0.1) is 0 Å². The quantitative estimate of drug-likeness (QED) is 0.791. The van der Waals surface area contributed by atoms with E-state index < -0.39 is 0 Å². The molecule has 4 heteroatoms. The number of hydrogen-bond acceptors (Lipinski definition) is 4. The maximum atomic E-state index is 4.61. The van der Waals surface area contributed by atoms with E-state index >= 15 is 0 Å². The van der Waals surface area contributed by atoms with Crippen LogP contribution < -0.4 is 10.6 Å². The lowest BCUT2D eigenvalue weighted by molar-refractivity contribution is 0.638. The highest BCUT2D eigenvalue weighted by Gasteiger charge is 2.32. The Labute approximate surface area is 121 Å². The molecule has 0 amide bonds. The summed E-state index contributed by atoms with van der Waals surface area (Å²) in [6.07, 6.45) is 8.75. The van der Waals surface area contributed by atoms with Crippen LogP contribution in [0.5, 0.6) is 0 Å². The first-order valence-electron chi connectivity index (χ1n) is 7.28. The molecule has 19 heavy (non-hydrogen) atoms. The number of nitrogens with zero attached hydrogens (tertiary/aromatic N) is 1. The van der Waals surface area contributed by atoms with Crippen LogP contribution in [-0.2, 0) is 0 Å². The van der Waals surface area contributed by atoms with Crippen molar-refractivity contribution >= 4 is 23.4 Å². The topological polar surface area (TPSA) is 37.0 Å². The first-order valence-corrected chi connectivity index (χ1v) is 8.50. The summed E-state index contributed by atoms with van der Waals surface area (Å²) < 4.78 is 0.425. The highest BCUT2D eigenvalue weighted by molar-refractivity contribution is 8.00. The van der Waals surface area contributed by atoms with E-state index in [9.17, 15) is 0 Å². The van der Waals surface area contributed by atoms with Gasteiger partial charge < -0.3 is 10.6 Å². The summed E-state index contributed by atoms with van der Waals surface area (Å²) in [6, 6.07) is 6.15. The molecule has 1 fully saturated rings. The number of nitrogens with one attached hydrogen (secondary N) is 2. The Morgan fingerprint density at radius 3 is 2.53 bits per heavy atom. The molecule has 0 atom stereocenters. The molecule has 0 aromatic carbocycles. The van der Waals surface area contributed by atoms with Gasteiger partial charge in [0.25, 0.3) is 0 Å². The first-order chi connectivity index (χ1) is 9.28. The van der Waals surface area contributed by atoms with Crippen molar-refractivity contribution in [3.8, 4) is 0 Å². The van der Waals surface area contributed by atoms with Crippen LogP contribution in [-0.4, -0.2) is 29.1 Å². The number of rotatable bonds is 7. The van der Waals surface area contributed by atoms with E-state index in [0.717, 1.165) is 31.1 Å². The van der Waals surface area contributed by atoms with Gasteiger partial charge in [-0.2, -0.15) is 11.8 Å². The van der Waals surface area contributed by atoms with Gasteiger partial charge in [-0.25, -0.2) is 4.98 Å². The van der Waals surface area contributed by atoms with Crippen molar-refractivity contribution in [1.82, 2.24) is 4.98 Å². The second-order valence-corrected chi connectivity index (χ2v) is 6.56. The Morgan fingerprint density at radius 1 is 1.21 bits per heavy atom. The Hall–Kier alpha value is -0.900. The van der Waals surface area contributed by atoms with Crippen molar-refractivity contribution in [2.75, 3.05) is 30.0 Å². The summed E-state index contributed by atoms with van der Waals surface area (Å²) in [6.45, 7) is 4.17. The van der Waals surface area contributed by atoms with Crippen LogP contribution in [0.15, 0.2) is 18.2 Å². The molecule has 2 N–H and O–H groups in total. The zero-order chi connectivity index (χ0) is 13.6. The molecule has 1 aromatic heterocycles. The van der Waals surface area contributed by atoms with E-state index in [2.05, 4.69) is 40.9 Å². The van der Waals surface area contributed by atoms with Gasteiger partial charge in [0.15, 0.2) is 0 Å². The Morgan fingerprint density at radius 2 is 1.89 bits per heavy atom. The van der Waals surface area contributed by atoms with E-state index in [4.69, 9.17) is 0 Å². The zero-order valence-corrected chi connectivity index (χ0v) is 12.9. The van der Waals surface area contributed by atoms with Gasteiger partial charge in [0, 0.05) is 17.8 Å². The Bertz CT molecular complexity index is 389. The fourth-order valence-electron chi connectivity index (χ4n) is 2.61. The monoisotopic (exact) mass is 279 g/mol. The molecule has 106 valence electrons. The number of anilines is 2. The molecule has 1 aliphatic carbocycles. The van der Waals surface area contributed by atoms with E-state index in [0.29, 0.717) is 4.75 Å². The Balaban J connectivity index is 1.91. The van der Waals surface area contributed by atoms with Crippen LogP contribution in [0.3, 0.4) is 0 Å². The third-order valence-corrected chi connectivity index (χ3v) is 5.26. The van der Waals surface area contributed by atoms with E-state index in [1.165, 1.54) is 25.7 Å². The van der Waals surface area contributed by atoms with Gasteiger partial charge in [-0.3, -0.25) is 0 Å². The van der Waals surface area contributed by atoms with Crippen LogP contribution in [0.4, 0.5) is 11.6 Å². The third kappa shape index (κ3) is 4.03. The first kappa shape index (κ1) is 14.5. The Kier molecular flexibility index (Phi) is 5.37. The lowest BCUT2D eigenvalue weighted by Crippen LogP contribution is -2.30. The maximum absolute atomic E-state index is 4.61. The molecule has 2 rings (SSSR count). The minimum atomic E-state index is 0.425. The molecule has 0 saturated heterocycles. The normalized spacial score (nSPS) is 17.4. The van der Waals surface area contributed by atoms with Crippen molar-refractivity contribution in [3.05, 3.63) is 18.2 Å². The van der Waals surface area contributed by atoms with Crippen molar-refractivity contribution in [1.29, 1.82) is 0 Å². The highest BCUT2D eigenvalue weighted by atomic mass is 32.2. The van der Waals surface area contributed by atoms with Gasteiger partial charge in [0.05, 0.1) is 0 Å². The summed E-state index contributed by atoms with van der Waals surface area (Å²) >= 11 is 2.01. The average molecular weight is 279 g/mol. The molecule has 1 aromatic rings. The number of aromatic nitrogens is 1. The highest BCUT2D eigenvalue weighted by Crippen LogP contribution is 2.40. The molecule has 0 unspecified atom stereocenters. The summed E-state index contributed by atoms with van der Waals surface area (Å²) in [5.74, 6) is 1.96. The van der Waals surface area contributed by atoms with Crippen LogP contribution >= 0.6 is 11.8 Å². The fraction of sp³-hybridized carbons (Fsp3) is 0.667. The van der Waals surface area contributed by atoms with E-state index in [1.807, 2.05) is 17.8 Å². The van der Waals surface area contributed by atoms with Gasteiger partial charge in [0.2, 0.25) is 0 Å². The lowest BCUT2D eigenvalue weighted by Gasteiger charge is -2.27. The molecule has 1 heterocycles. The second-order valence-electron chi connectivity index (χ2n) is 5.28. The van der Waals surface area contributed by atoms with Crippen molar-refractivity contribution in [2.24, 2.45) is 0 Å². The fourth-order valence-corrected chi connectivity index (χ4v) is 3.52. The van der Waals surface area contributed by atoms with Crippen molar-refractivity contribution in [3.63, 3.8) is 0 Å². The van der Waals surface area contributed by atoms with Crippen LogP contribution in [0.1, 0.15) is 39.0 Å². The third-order valence-electron chi connectivity index (χ3n) is 3.84. The second kappa shape index (κ2) is 7.04. The standard InChI is InChI=1S/C15H25N3S/c1-3-11-16-13-7-6-8-14(18-13)17-12-15(19-2)9-4-5-10-15/h6-8H,3-5,9-12H2,1-2H3,(H2,16,17,18). The molecular formula is C15H25N3S. The molecular weight excluding hydrogens is 254 g/mol. The summed E-state index contributed by atoms with van der Waals surface area (Å²) in [5, 5.41) is 6.85. The number of thioether (sulfide) groups is 1. The summed E-state index contributed by atoms with van der Waals surface area (Å²) in [5.41, 5.74) is 0. The number of hydrogen-bond donors (Lipinski definition) is 2. The van der Waals surface area contributed by atoms with E-state index in [1.54, 1.807) is 0 Å². The van der Waals surface area contributed by atoms with Gasteiger partial charge in [-0.15, -0.1) is 0 Å². The van der Waals surface area contributed by atoms with Crippen molar-refractivity contribution in [2.45, 2.75) is 43.8 Å². The smallest absolute Gasteiger partial charge is 0.128 e. The predicted octanol–water partition coefficient (Wildman–Crippen LogP) is 3.99. The molecule has 0 aliphatic heterocycles. The minimum absolute atomic E-state index is 0.425. The zero-order valence-electron chi connectivity index (χ0n) is 12.0. The SMILES string of the molecule is CCCNc1cccc(NCC2(SC)CCCC2)n1. The van der Waals surface area contributed by atoms with Crippen molar-refractivity contribution < 1.29 is 0 Å². The van der Waals surface area contributed by atoms with Gasteiger partial charge in [-0.05, 0) is 37.7 Å². The molecule has 3 nitrogen and oxygen atoms in total. The maximum Gasteiger partial charge on any atom is 0.128 e. The molecule has 0 spiro atoms.